The second kappa shape index (κ2) is 19.0. The van der Waals surface area contributed by atoms with E-state index in [0.717, 1.165) is 32.1 Å². The number of amides is 2. The number of carbonyl (C=O) groups excluding carboxylic acids is 2. The molecule has 30 heavy (non-hydrogen) atoms. The van der Waals surface area contributed by atoms with Gasteiger partial charge in [0.2, 0.25) is 11.8 Å². The third-order valence-corrected chi connectivity index (χ3v) is 4.45. The largest absolute Gasteiger partial charge is 0.505 e. The molecule has 2 atom stereocenters. The Kier molecular flexibility index (Phi) is 17.8. The van der Waals surface area contributed by atoms with E-state index in [1.807, 2.05) is 0 Å². The molecule has 0 spiro atoms. The van der Waals surface area contributed by atoms with Gasteiger partial charge in [0.25, 0.3) is 0 Å². The molecule has 0 aromatic heterocycles. The van der Waals surface area contributed by atoms with Gasteiger partial charge in [0.1, 0.15) is 12.6 Å². The summed E-state index contributed by atoms with van der Waals surface area (Å²) in [4.78, 5) is 35.7. The second-order valence-corrected chi connectivity index (χ2v) is 7.14. The van der Waals surface area contributed by atoms with E-state index in [-0.39, 0.29) is 25.0 Å². The zero-order valence-corrected chi connectivity index (χ0v) is 17.9. The molecule has 0 saturated carbocycles. The van der Waals surface area contributed by atoms with E-state index in [1.165, 1.54) is 0 Å². The molecular weight excluding hydrogens is 392 g/mol. The van der Waals surface area contributed by atoms with Crippen molar-refractivity contribution in [2.24, 2.45) is 17.2 Å². The van der Waals surface area contributed by atoms with E-state index in [4.69, 9.17) is 22.3 Å². The molecule has 0 unspecified atom stereocenters. The van der Waals surface area contributed by atoms with E-state index >= 15 is 0 Å². The van der Waals surface area contributed by atoms with Crippen molar-refractivity contribution in [2.45, 2.75) is 63.5 Å². The SMILES string of the molecule is NCCCCNCC(=O)N[C@@H](CCCCN)C(=O)N[C@H](CCCCN)COC(=O)O. The van der Waals surface area contributed by atoms with E-state index < -0.39 is 18.2 Å². The number of hydrogen-bond donors (Lipinski definition) is 7. The van der Waals surface area contributed by atoms with E-state index in [1.54, 1.807) is 0 Å². The smallest absolute Gasteiger partial charge is 0.450 e. The molecule has 0 fully saturated rings. The van der Waals surface area contributed by atoms with Gasteiger partial charge in [-0.1, -0.05) is 6.42 Å². The average Bonchev–Trinajstić information content (AvgIpc) is 2.71. The summed E-state index contributed by atoms with van der Waals surface area (Å²) in [6.45, 7) is 2.24. The van der Waals surface area contributed by atoms with Crippen molar-refractivity contribution in [1.29, 1.82) is 0 Å². The Morgan fingerprint density at radius 2 is 1.43 bits per heavy atom. The number of carboxylic acid groups (broad SMARTS) is 1. The summed E-state index contributed by atoms with van der Waals surface area (Å²) in [7, 11) is 0. The minimum absolute atomic E-state index is 0.104. The minimum Gasteiger partial charge on any atom is -0.450 e. The van der Waals surface area contributed by atoms with Crippen LogP contribution < -0.4 is 33.2 Å². The van der Waals surface area contributed by atoms with Crippen molar-refractivity contribution in [3.05, 3.63) is 0 Å². The lowest BCUT2D eigenvalue weighted by Gasteiger charge is -2.23. The maximum Gasteiger partial charge on any atom is 0.505 e. The van der Waals surface area contributed by atoms with Crippen molar-refractivity contribution in [3.63, 3.8) is 0 Å². The molecular formula is C19H40N6O5. The van der Waals surface area contributed by atoms with Gasteiger partial charge in [0.05, 0.1) is 12.6 Å². The first-order valence-electron chi connectivity index (χ1n) is 10.7. The van der Waals surface area contributed by atoms with Crippen molar-refractivity contribution < 1.29 is 24.2 Å². The molecule has 11 nitrogen and oxygen atoms in total. The number of nitrogens with two attached hydrogens (primary N) is 3. The lowest BCUT2D eigenvalue weighted by atomic mass is 10.1. The van der Waals surface area contributed by atoms with Gasteiger partial charge in [-0.25, -0.2) is 4.79 Å². The Balaban J connectivity index is 4.75. The summed E-state index contributed by atoms with van der Waals surface area (Å²) in [5.41, 5.74) is 16.5. The molecule has 11 heteroatoms. The normalized spacial score (nSPS) is 12.8. The third-order valence-electron chi connectivity index (χ3n) is 4.45. The quantitative estimate of drug-likeness (QED) is 0.101. The fourth-order valence-electron chi connectivity index (χ4n) is 2.81. The van der Waals surface area contributed by atoms with Gasteiger partial charge < -0.3 is 43.0 Å². The van der Waals surface area contributed by atoms with Crippen LogP contribution in [0.4, 0.5) is 4.79 Å². The lowest BCUT2D eigenvalue weighted by Crippen LogP contribution is -2.52. The second-order valence-electron chi connectivity index (χ2n) is 7.14. The average molecular weight is 433 g/mol. The number of unbranched alkanes of at least 4 members (excludes halogenated alkanes) is 3. The van der Waals surface area contributed by atoms with Gasteiger partial charge in [-0.2, -0.15) is 0 Å². The van der Waals surface area contributed by atoms with Gasteiger partial charge in [0.15, 0.2) is 0 Å². The number of rotatable bonds is 19. The monoisotopic (exact) mass is 432 g/mol. The first kappa shape index (κ1) is 28.1. The summed E-state index contributed by atoms with van der Waals surface area (Å²) in [6, 6.07) is -1.21. The van der Waals surface area contributed by atoms with Crippen LogP contribution in [-0.4, -0.2) is 74.5 Å². The summed E-state index contributed by atoms with van der Waals surface area (Å²) < 4.78 is 4.63. The highest BCUT2D eigenvalue weighted by molar-refractivity contribution is 5.88. The van der Waals surface area contributed by atoms with Crippen LogP contribution in [0.1, 0.15) is 51.4 Å². The molecule has 0 aromatic carbocycles. The molecule has 0 saturated heterocycles. The highest BCUT2D eigenvalue weighted by Crippen LogP contribution is 2.05. The Hall–Kier alpha value is -1.95. The van der Waals surface area contributed by atoms with Crippen LogP contribution in [0.2, 0.25) is 0 Å². The van der Waals surface area contributed by atoms with E-state index in [9.17, 15) is 14.4 Å². The third kappa shape index (κ3) is 15.9. The van der Waals surface area contributed by atoms with Crippen molar-refractivity contribution in [2.75, 3.05) is 39.3 Å². The number of hydrogen-bond acceptors (Lipinski definition) is 8. The summed E-state index contributed by atoms with van der Waals surface area (Å²) in [5.74, 6) is -0.646. The zero-order chi connectivity index (χ0) is 22.6. The summed E-state index contributed by atoms with van der Waals surface area (Å²) in [6.07, 6.45) is 4.22. The van der Waals surface area contributed by atoms with Gasteiger partial charge in [-0.15, -0.1) is 0 Å². The fraction of sp³-hybridized carbons (Fsp3) is 0.842. The van der Waals surface area contributed by atoms with Crippen LogP contribution in [-0.2, 0) is 14.3 Å². The predicted molar refractivity (Wildman–Crippen MR) is 115 cm³/mol. The Morgan fingerprint density at radius 1 is 0.833 bits per heavy atom. The predicted octanol–water partition coefficient (Wildman–Crippen LogP) is -0.763. The standard InChI is InChI=1S/C19H40N6O5/c20-9-3-1-7-15(14-30-19(28)29)24-18(27)16(8-2-4-10-21)25-17(26)13-23-12-6-5-11-22/h15-16,23H,1-14,20-22H2,(H,24,27)(H,25,26)(H,28,29)/t15-,16+/m1/s1. The molecule has 0 rings (SSSR count). The highest BCUT2D eigenvalue weighted by atomic mass is 16.7. The van der Waals surface area contributed by atoms with E-state index in [0.29, 0.717) is 45.4 Å². The molecule has 176 valence electrons. The maximum atomic E-state index is 12.8. The van der Waals surface area contributed by atoms with Crippen LogP contribution in [0.25, 0.3) is 0 Å². The Bertz CT molecular complexity index is 480. The maximum absolute atomic E-state index is 12.8. The van der Waals surface area contributed by atoms with Crippen LogP contribution in [0.5, 0.6) is 0 Å². The van der Waals surface area contributed by atoms with Crippen LogP contribution in [0.3, 0.4) is 0 Å². The van der Waals surface area contributed by atoms with Gasteiger partial charge in [-0.3, -0.25) is 9.59 Å². The van der Waals surface area contributed by atoms with Gasteiger partial charge in [-0.05, 0) is 71.1 Å². The Labute approximate surface area is 178 Å². The molecule has 10 N–H and O–H groups in total. The number of carbonyl (C=O) groups is 3. The van der Waals surface area contributed by atoms with Crippen molar-refractivity contribution >= 4 is 18.0 Å². The molecule has 0 heterocycles. The summed E-state index contributed by atoms with van der Waals surface area (Å²) >= 11 is 0. The first-order chi connectivity index (χ1) is 14.4. The molecule has 0 radical (unpaired) electrons. The van der Waals surface area contributed by atoms with Crippen molar-refractivity contribution in [1.82, 2.24) is 16.0 Å². The molecule has 0 aliphatic carbocycles. The van der Waals surface area contributed by atoms with Crippen LogP contribution >= 0.6 is 0 Å². The molecule has 0 aliphatic rings. The molecule has 0 aromatic rings. The minimum atomic E-state index is -1.40. The lowest BCUT2D eigenvalue weighted by molar-refractivity contribution is -0.129. The Morgan fingerprint density at radius 3 is 2.03 bits per heavy atom. The van der Waals surface area contributed by atoms with E-state index in [2.05, 4.69) is 20.7 Å². The van der Waals surface area contributed by atoms with Gasteiger partial charge >= 0.3 is 6.16 Å². The highest BCUT2D eigenvalue weighted by Gasteiger charge is 2.23. The summed E-state index contributed by atoms with van der Waals surface area (Å²) in [5, 5.41) is 17.3. The molecule has 0 aliphatic heterocycles. The molecule has 2 amide bonds. The fourth-order valence-corrected chi connectivity index (χ4v) is 2.81. The zero-order valence-electron chi connectivity index (χ0n) is 17.9. The number of ether oxygens (including phenoxy) is 1. The molecule has 0 bridgehead atoms. The van der Waals surface area contributed by atoms with Gasteiger partial charge in [0, 0.05) is 0 Å². The number of nitrogens with one attached hydrogen (secondary N) is 3. The topological polar surface area (TPSA) is 195 Å². The van der Waals surface area contributed by atoms with Crippen LogP contribution in [0.15, 0.2) is 0 Å². The van der Waals surface area contributed by atoms with Crippen LogP contribution in [0, 0.1) is 0 Å². The van der Waals surface area contributed by atoms with Crippen molar-refractivity contribution in [3.8, 4) is 0 Å². The first-order valence-corrected chi connectivity index (χ1v) is 10.7.